The summed E-state index contributed by atoms with van der Waals surface area (Å²) in [5, 5.41) is 12.5. The van der Waals surface area contributed by atoms with Crippen LogP contribution in [0.3, 0.4) is 0 Å². The van der Waals surface area contributed by atoms with E-state index in [-0.39, 0.29) is 6.04 Å². The van der Waals surface area contributed by atoms with Crippen molar-refractivity contribution in [2.45, 2.75) is 19.5 Å². The molecule has 1 rings (SSSR count). The van der Waals surface area contributed by atoms with Gasteiger partial charge in [0.2, 0.25) is 0 Å². The minimum Gasteiger partial charge on any atom is -0.383 e. The van der Waals surface area contributed by atoms with Gasteiger partial charge in [-0.3, -0.25) is 0 Å². The Balaban J connectivity index is 3.07. The van der Waals surface area contributed by atoms with Crippen LogP contribution in [0.25, 0.3) is 0 Å². The molecule has 0 aromatic heterocycles. The lowest BCUT2D eigenvalue weighted by molar-refractivity contribution is 0.171. The van der Waals surface area contributed by atoms with E-state index in [1.54, 1.807) is 14.2 Å². The van der Waals surface area contributed by atoms with E-state index < -0.39 is 0 Å². The minimum atomic E-state index is 0.174. The molecule has 0 aliphatic rings. The monoisotopic (exact) mass is 291 g/mol. The van der Waals surface area contributed by atoms with Gasteiger partial charge in [0.1, 0.15) is 6.07 Å². The summed E-state index contributed by atoms with van der Waals surface area (Å²) in [7, 11) is 5.26. The molecule has 0 bridgehead atoms. The van der Waals surface area contributed by atoms with Crippen molar-refractivity contribution in [2.75, 3.05) is 45.9 Å². The van der Waals surface area contributed by atoms with Gasteiger partial charge < -0.3 is 19.7 Å². The van der Waals surface area contributed by atoms with Gasteiger partial charge in [0.25, 0.3) is 0 Å². The average molecular weight is 291 g/mol. The lowest BCUT2D eigenvalue weighted by atomic mass is 10.1. The number of hydrogen-bond acceptors (Lipinski definition) is 5. The molecular formula is C16H25N3O2. The smallest absolute Gasteiger partial charge is 0.101 e. The molecule has 21 heavy (non-hydrogen) atoms. The van der Waals surface area contributed by atoms with Crippen molar-refractivity contribution >= 4 is 5.69 Å². The summed E-state index contributed by atoms with van der Waals surface area (Å²) in [6, 6.07) is 8.46. The third-order valence-electron chi connectivity index (χ3n) is 3.35. The fourth-order valence-corrected chi connectivity index (χ4v) is 2.34. The molecule has 5 heteroatoms. The summed E-state index contributed by atoms with van der Waals surface area (Å²) in [6.07, 6.45) is 0. The molecule has 0 spiro atoms. The summed E-state index contributed by atoms with van der Waals surface area (Å²) in [6.45, 7) is 4.77. The van der Waals surface area contributed by atoms with Crippen LogP contribution in [-0.2, 0) is 16.0 Å². The largest absolute Gasteiger partial charge is 0.383 e. The summed E-state index contributed by atoms with van der Waals surface area (Å²) in [5.74, 6) is 0. The highest BCUT2D eigenvalue weighted by molar-refractivity contribution is 5.61. The fourth-order valence-electron chi connectivity index (χ4n) is 2.34. The first-order chi connectivity index (χ1) is 10.2. The molecule has 1 aromatic carbocycles. The van der Waals surface area contributed by atoms with E-state index in [2.05, 4.69) is 23.2 Å². The SMILES string of the molecule is CNCc1ccc(N(CCOC)C(C)COC)c(C#N)c1. The molecule has 0 saturated heterocycles. The molecule has 116 valence electrons. The van der Waals surface area contributed by atoms with E-state index in [0.29, 0.717) is 18.8 Å². The van der Waals surface area contributed by atoms with Crippen molar-refractivity contribution in [1.82, 2.24) is 5.32 Å². The molecule has 0 radical (unpaired) electrons. The molecule has 0 amide bonds. The number of nitrogens with one attached hydrogen (secondary N) is 1. The maximum atomic E-state index is 9.44. The predicted molar refractivity (Wildman–Crippen MR) is 84.5 cm³/mol. The van der Waals surface area contributed by atoms with Crippen LogP contribution >= 0.6 is 0 Å². The second-order valence-electron chi connectivity index (χ2n) is 4.98. The first-order valence-corrected chi connectivity index (χ1v) is 7.10. The van der Waals surface area contributed by atoms with Crippen LogP contribution in [-0.4, -0.2) is 47.1 Å². The van der Waals surface area contributed by atoms with Gasteiger partial charge in [-0.05, 0) is 31.7 Å². The first kappa shape index (κ1) is 17.4. The number of nitrogens with zero attached hydrogens (tertiary/aromatic N) is 2. The predicted octanol–water partition coefficient (Wildman–Crippen LogP) is 1.77. The highest BCUT2D eigenvalue weighted by Crippen LogP contribution is 2.23. The third-order valence-corrected chi connectivity index (χ3v) is 3.35. The van der Waals surface area contributed by atoms with E-state index in [1.165, 1.54) is 0 Å². The van der Waals surface area contributed by atoms with Gasteiger partial charge in [-0.25, -0.2) is 0 Å². The zero-order valence-corrected chi connectivity index (χ0v) is 13.3. The molecule has 0 aliphatic carbocycles. The van der Waals surface area contributed by atoms with Crippen LogP contribution in [0.5, 0.6) is 0 Å². The Bertz CT molecular complexity index is 471. The first-order valence-electron chi connectivity index (χ1n) is 7.10. The standard InChI is InChI=1S/C16H25N3O2/c1-13(12-21-4)19(7-8-20-3)16-6-5-14(11-18-2)9-15(16)10-17/h5-6,9,13,18H,7-8,11-12H2,1-4H3. The van der Waals surface area contributed by atoms with Crippen molar-refractivity contribution in [3.63, 3.8) is 0 Å². The Kier molecular flexibility index (Phi) is 7.76. The number of ether oxygens (including phenoxy) is 2. The highest BCUT2D eigenvalue weighted by Gasteiger charge is 2.17. The van der Waals surface area contributed by atoms with Gasteiger partial charge in [0.15, 0.2) is 0 Å². The summed E-state index contributed by atoms with van der Waals surface area (Å²) >= 11 is 0. The molecule has 1 unspecified atom stereocenters. The molecule has 1 aromatic rings. The number of anilines is 1. The fraction of sp³-hybridized carbons (Fsp3) is 0.562. The number of benzene rings is 1. The van der Waals surface area contributed by atoms with Crippen LogP contribution in [0.2, 0.25) is 0 Å². The topological polar surface area (TPSA) is 57.5 Å². The van der Waals surface area contributed by atoms with Crippen LogP contribution in [0.4, 0.5) is 5.69 Å². The maximum absolute atomic E-state index is 9.44. The molecule has 0 saturated carbocycles. The summed E-state index contributed by atoms with van der Waals surface area (Å²) in [5.41, 5.74) is 2.71. The van der Waals surface area contributed by atoms with Crippen molar-refractivity contribution in [3.8, 4) is 6.07 Å². The van der Waals surface area contributed by atoms with Crippen LogP contribution < -0.4 is 10.2 Å². The lowest BCUT2D eigenvalue weighted by Crippen LogP contribution is -2.39. The third kappa shape index (κ3) is 5.01. The van der Waals surface area contributed by atoms with Gasteiger partial charge in [-0.1, -0.05) is 6.07 Å². The number of hydrogen-bond donors (Lipinski definition) is 1. The summed E-state index contributed by atoms with van der Waals surface area (Å²) < 4.78 is 10.4. The maximum Gasteiger partial charge on any atom is 0.101 e. The Hall–Kier alpha value is -1.61. The van der Waals surface area contributed by atoms with E-state index in [9.17, 15) is 5.26 Å². The normalized spacial score (nSPS) is 12.0. The van der Waals surface area contributed by atoms with Gasteiger partial charge in [0.05, 0.1) is 24.5 Å². The van der Waals surface area contributed by atoms with Crippen LogP contribution in [0.15, 0.2) is 18.2 Å². The number of rotatable bonds is 9. The number of methoxy groups -OCH3 is 2. The average Bonchev–Trinajstić information content (AvgIpc) is 2.49. The van der Waals surface area contributed by atoms with E-state index in [0.717, 1.165) is 24.3 Å². The number of nitriles is 1. The zero-order valence-electron chi connectivity index (χ0n) is 13.3. The Morgan fingerprint density at radius 1 is 1.33 bits per heavy atom. The van der Waals surface area contributed by atoms with Gasteiger partial charge >= 0.3 is 0 Å². The van der Waals surface area contributed by atoms with Gasteiger partial charge in [-0.15, -0.1) is 0 Å². The molecule has 1 atom stereocenters. The van der Waals surface area contributed by atoms with Gasteiger partial charge in [0, 0.05) is 33.4 Å². The van der Waals surface area contributed by atoms with Crippen molar-refractivity contribution in [3.05, 3.63) is 29.3 Å². The Morgan fingerprint density at radius 3 is 2.67 bits per heavy atom. The van der Waals surface area contributed by atoms with Crippen LogP contribution in [0.1, 0.15) is 18.1 Å². The van der Waals surface area contributed by atoms with Crippen molar-refractivity contribution < 1.29 is 9.47 Å². The van der Waals surface area contributed by atoms with Gasteiger partial charge in [-0.2, -0.15) is 5.26 Å². The Labute approximate surface area is 127 Å². The second kappa shape index (κ2) is 9.35. The minimum absolute atomic E-state index is 0.174. The molecule has 0 aliphatic heterocycles. The van der Waals surface area contributed by atoms with Crippen molar-refractivity contribution in [2.24, 2.45) is 0 Å². The molecular weight excluding hydrogens is 266 g/mol. The highest BCUT2D eigenvalue weighted by atomic mass is 16.5. The van der Waals surface area contributed by atoms with E-state index >= 15 is 0 Å². The van der Waals surface area contributed by atoms with E-state index in [4.69, 9.17) is 9.47 Å². The lowest BCUT2D eigenvalue weighted by Gasteiger charge is -2.31. The molecule has 0 heterocycles. The van der Waals surface area contributed by atoms with E-state index in [1.807, 2.05) is 25.2 Å². The quantitative estimate of drug-likeness (QED) is 0.751. The molecule has 1 N–H and O–H groups in total. The summed E-state index contributed by atoms with van der Waals surface area (Å²) in [4.78, 5) is 2.16. The second-order valence-corrected chi connectivity index (χ2v) is 4.98. The molecule has 5 nitrogen and oxygen atoms in total. The molecule has 0 fully saturated rings. The Morgan fingerprint density at radius 2 is 2.10 bits per heavy atom. The van der Waals surface area contributed by atoms with Crippen LogP contribution in [0, 0.1) is 11.3 Å². The zero-order chi connectivity index (χ0) is 15.7. The van der Waals surface area contributed by atoms with Crippen molar-refractivity contribution in [1.29, 1.82) is 5.26 Å².